The summed E-state index contributed by atoms with van der Waals surface area (Å²) in [5, 5.41) is 0. The van der Waals surface area contributed by atoms with E-state index in [1.165, 1.54) is 11.1 Å². The molecule has 2 fully saturated rings. The summed E-state index contributed by atoms with van der Waals surface area (Å²) in [6, 6.07) is 8.45. The minimum absolute atomic E-state index is 0.247. The Labute approximate surface area is 114 Å². The summed E-state index contributed by atoms with van der Waals surface area (Å²) in [6.07, 6.45) is 3.14. The summed E-state index contributed by atoms with van der Waals surface area (Å²) < 4.78 is 5.35. The van der Waals surface area contributed by atoms with Crippen molar-refractivity contribution < 1.29 is 9.53 Å². The number of hydrogen-bond acceptors (Lipinski definition) is 2. The molecule has 0 N–H and O–H groups in total. The highest BCUT2D eigenvalue weighted by Crippen LogP contribution is 2.45. The van der Waals surface area contributed by atoms with E-state index >= 15 is 0 Å². The predicted molar refractivity (Wildman–Crippen MR) is 74.1 cm³/mol. The number of carbonyl (C=O) groups excluding carboxylic acids is 1. The molecule has 1 aromatic rings. The number of nitrogens with zero attached hydrogens (tertiary/aromatic N) is 1. The highest BCUT2D eigenvalue weighted by molar-refractivity contribution is 5.89. The molecule has 3 rings (SSSR count). The third-order valence-corrected chi connectivity index (χ3v) is 4.49. The quantitative estimate of drug-likeness (QED) is 0.815. The second-order valence-corrected chi connectivity index (χ2v) is 5.71. The number of hydrogen-bond donors (Lipinski definition) is 0. The van der Waals surface area contributed by atoms with Crippen LogP contribution < -0.4 is 0 Å². The Morgan fingerprint density at radius 3 is 2.58 bits per heavy atom. The van der Waals surface area contributed by atoms with Gasteiger partial charge >= 0.3 is 0 Å². The SMILES string of the molecule is Cc1cccc(C2(C(=O)N3CCOCC3)CCC2)c1. The van der Waals surface area contributed by atoms with Gasteiger partial charge in [0.2, 0.25) is 5.91 Å². The highest BCUT2D eigenvalue weighted by Gasteiger charge is 2.47. The molecule has 1 saturated heterocycles. The molecular weight excluding hydrogens is 238 g/mol. The van der Waals surface area contributed by atoms with E-state index in [0.29, 0.717) is 19.1 Å². The van der Waals surface area contributed by atoms with E-state index in [9.17, 15) is 4.79 Å². The van der Waals surface area contributed by atoms with E-state index in [2.05, 4.69) is 31.2 Å². The monoisotopic (exact) mass is 259 g/mol. The third kappa shape index (κ3) is 2.16. The Kier molecular flexibility index (Phi) is 3.31. The molecule has 0 spiro atoms. The van der Waals surface area contributed by atoms with Crippen LogP contribution >= 0.6 is 0 Å². The molecule has 0 unspecified atom stereocenters. The Bertz CT molecular complexity index is 473. The molecule has 0 atom stereocenters. The van der Waals surface area contributed by atoms with E-state index in [0.717, 1.165) is 32.4 Å². The highest BCUT2D eigenvalue weighted by atomic mass is 16.5. The van der Waals surface area contributed by atoms with Crippen molar-refractivity contribution >= 4 is 5.91 Å². The molecule has 19 heavy (non-hydrogen) atoms. The van der Waals surface area contributed by atoms with Crippen LogP contribution in [0.5, 0.6) is 0 Å². The van der Waals surface area contributed by atoms with Crippen molar-refractivity contribution in [1.82, 2.24) is 4.90 Å². The number of rotatable bonds is 2. The van der Waals surface area contributed by atoms with E-state index in [4.69, 9.17) is 4.74 Å². The van der Waals surface area contributed by atoms with Gasteiger partial charge in [0.15, 0.2) is 0 Å². The van der Waals surface area contributed by atoms with E-state index in [1.807, 2.05) is 4.90 Å². The fourth-order valence-corrected chi connectivity index (χ4v) is 3.17. The first-order chi connectivity index (χ1) is 9.22. The number of benzene rings is 1. The Morgan fingerprint density at radius 2 is 2.00 bits per heavy atom. The minimum Gasteiger partial charge on any atom is -0.378 e. The standard InChI is InChI=1S/C16H21NO2/c1-13-4-2-5-14(12-13)16(6-3-7-16)15(18)17-8-10-19-11-9-17/h2,4-5,12H,3,6-11H2,1H3. The molecule has 0 radical (unpaired) electrons. The van der Waals surface area contributed by atoms with Gasteiger partial charge in [-0.15, -0.1) is 0 Å². The Hall–Kier alpha value is -1.35. The second-order valence-electron chi connectivity index (χ2n) is 5.71. The van der Waals surface area contributed by atoms with Crippen molar-refractivity contribution in [1.29, 1.82) is 0 Å². The van der Waals surface area contributed by atoms with Gasteiger partial charge in [0, 0.05) is 13.1 Å². The summed E-state index contributed by atoms with van der Waals surface area (Å²) in [5.41, 5.74) is 2.19. The number of ether oxygens (including phenoxy) is 1. The number of amides is 1. The largest absolute Gasteiger partial charge is 0.378 e. The minimum atomic E-state index is -0.247. The smallest absolute Gasteiger partial charge is 0.233 e. The summed E-state index contributed by atoms with van der Waals surface area (Å²) >= 11 is 0. The molecule has 3 nitrogen and oxygen atoms in total. The topological polar surface area (TPSA) is 29.5 Å². The van der Waals surface area contributed by atoms with Crippen molar-refractivity contribution in [2.75, 3.05) is 26.3 Å². The van der Waals surface area contributed by atoms with Crippen molar-refractivity contribution in [3.63, 3.8) is 0 Å². The normalized spacial score (nSPS) is 21.8. The lowest BCUT2D eigenvalue weighted by atomic mass is 9.63. The second kappa shape index (κ2) is 4.97. The van der Waals surface area contributed by atoms with Gasteiger partial charge in [0.1, 0.15) is 0 Å². The molecule has 1 heterocycles. The molecule has 0 aromatic heterocycles. The molecule has 2 aliphatic rings. The van der Waals surface area contributed by atoms with Gasteiger partial charge in [-0.3, -0.25) is 4.79 Å². The first-order valence-corrected chi connectivity index (χ1v) is 7.17. The first-order valence-electron chi connectivity index (χ1n) is 7.17. The van der Waals surface area contributed by atoms with E-state index < -0.39 is 0 Å². The zero-order valence-corrected chi connectivity index (χ0v) is 11.5. The van der Waals surface area contributed by atoms with Crippen molar-refractivity contribution in [3.05, 3.63) is 35.4 Å². The maximum atomic E-state index is 12.9. The lowest BCUT2D eigenvalue weighted by molar-refractivity contribution is -0.145. The summed E-state index contributed by atoms with van der Waals surface area (Å²) in [4.78, 5) is 14.9. The summed E-state index contributed by atoms with van der Waals surface area (Å²) in [7, 11) is 0. The predicted octanol–water partition coefficient (Wildman–Crippen LogP) is 2.28. The summed E-state index contributed by atoms with van der Waals surface area (Å²) in [6.45, 7) is 4.93. The van der Waals surface area contributed by atoms with Crippen molar-refractivity contribution in [2.45, 2.75) is 31.6 Å². The van der Waals surface area contributed by atoms with Crippen LogP contribution in [0.3, 0.4) is 0 Å². The van der Waals surface area contributed by atoms with Crippen LogP contribution in [0.25, 0.3) is 0 Å². The third-order valence-electron chi connectivity index (χ3n) is 4.49. The average molecular weight is 259 g/mol. The maximum absolute atomic E-state index is 12.9. The number of carbonyl (C=O) groups is 1. The van der Waals surface area contributed by atoms with Gasteiger partial charge in [-0.2, -0.15) is 0 Å². The number of morpholine rings is 1. The Balaban J connectivity index is 1.88. The van der Waals surface area contributed by atoms with Gasteiger partial charge in [-0.1, -0.05) is 36.2 Å². The van der Waals surface area contributed by atoms with E-state index in [1.54, 1.807) is 0 Å². The fraction of sp³-hybridized carbons (Fsp3) is 0.562. The van der Waals surface area contributed by atoms with Gasteiger partial charge in [-0.25, -0.2) is 0 Å². The maximum Gasteiger partial charge on any atom is 0.233 e. The van der Waals surface area contributed by atoms with Crippen LogP contribution in [0.1, 0.15) is 30.4 Å². The molecule has 1 aliphatic carbocycles. The van der Waals surface area contributed by atoms with Crippen LogP contribution in [-0.2, 0) is 14.9 Å². The average Bonchev–Trinajstić information content (AvgIpc) is 2.38. The molecule has 0 bridgehead atoms. The van der Waals surface area contributed by atoms with Crippen LogP contribution in [0.15, 0.2) is 24.3 Å². The lowest BCUT2D eigenvalue weighted by Crippen LogP contribution is -2.54. The number of aryl methyl sites for hydroxylation is 1. The zero-order valence-electron chi connectivity index (χ0n) is 11.5. The molecule has 3 heteroatoms. The molecule has 102 valence electrons. The van der Waals surface area contributed by atoms with E-state index in [-0.39, 0.29) is 5.41 Å². The molecule has 1 aliphatic heterocycles. The summed E-state index contributed by atoms with van der Waals surface area (Å²) in [5.74, 6) is 0.313. The van der Waals surface area contributed by atoms with Crippen LogP contribution in [0, 0.1) is 6.92 Å². The van der Waals surface area contributed by atoms with Crippen LogP contribution in [0.2, 0.25) is 0 Å². The molecule has 1 saturated carbocycles. The van der Waals surface area contributed by atoms with Crippen molar-refractivity contribution in [3.8, 4) is 0 Å². The molecular formula is C16H21NO2. The first kappa shape index (κ1) is 12.7. The van der Waals surface area contributed by atoms with Gasteiger partial charge < -0.3 is 9.64 Å². The van der Waals surface area contributed by atoms with Crippen molar-refractivity contribution in [2.24, 2.45) is 0 Å². The van der Waals surface area contributed by atoms with Crippen LogP contribution in [-0.4, -0.2) is 37.1 Å². The fourth-order valence-electron chi connectivity index (χ4n) is 3.17. The Morgan fingerprint density at radius 1 is 1.26 bits per heavy atom. The lowest BCUT2D eigenvalue weighted by Gasteiger charge is -2.45. The van der Waals surface area contributed by atoms with Gasteiger partial charge in [-0.05, 0) is 25.3 Å². The molecule has 1 amide bonds. The zero-order chi connectivity index (χ0) is 13.3. The van der Waals surface area contributed by atoms with Gasteiger partial charge in [0.05, 0.1) is 18.6 Å². The molecule has 1 aromatic carbocycles. The van der Waals surface area contributed by atoms with Gasteiger partial charge in [0.25, 0.3) is 0 Å². The van der Waals surface area contributed by atoms with Crippen LogP contribution in [0.4, 0.5) is 0 Å².